The second-order valence-electron chi connectivity index (χ2n) is 15.8. The summed E-state index contributed by atoms with van der Waals surface area (Å²) in [7, 11) is 2.84. The average molecular weight is 888 g/mol. The number of hydrogen-bond donors (Lipinski definition) is 3. The van der Waals surface area contributed by atoms with Crippen LogP contribution in [0, 0.1) is 13.8 Å². The molecule has 5 N–H and O–H groups in total. The standard InChI is InChI=1S/C25H21NO6.C24H16N2O4.C3H6.H2O/c1-14-3-5-15(6-4-14)11-22(27)20-12-16(7-9-18(20)24(29)30)17-8-10-19(25(31)32)21(13-17)23(28)26-2;1-13-3-7-16(8-4-13)26-23(29)18-10-6-15(12-20(18)24(26)30)14-5-9-17-19(11-14)22(28)25(2)21(17)27;1-2-3-1;/h3-10,12-13H,11H2,1-2H3,(H,26,28)(H,29,30)(H,31,32);3-12H,1-2H3;1-3H2;1H2. The van der Waals surface area contributed by atoms with Gasteiger partial charge in [0, 0.05) is 26.1 Å². The van der Waals surface area contributed by atoms with Crippen LogP contribution < -0.4 is 10.2 Å². The van der Waals surface area contributed by atoms with Gasteiger partial charge >= 0.3 is 11.9 Å². The normalized spacial score (nSPS) is 13.0. The number of nitrogens with zero attached hydrogens (tertiary/aromatic N) is 2. The molecule has 14 heteroatoms. The van der Waals surface area contributed by atoms with E-state index in [0.717, 1.165) is 21.6 Å². The van der Waals surface area contributed by atoms with Crippen molar-refractivity contribution in [1.82, 2.24) is 10.2 Å². The Hall–Kier alpha value is -8.36. The van der Waals surface area contributed by atoms with Crippen molar-refractivity contribution in [3.63, 3.8) is 0 Å². The average Bonchev–Trinajstić information content (AvgIpc) is 4.16. The van der Waals surface area contributed by atoms with Gasteiger partial charge in [0.25, 0.3) is 29.5 Å². The van der Waals surface area contributed by atoms with Gasteiger partial charge in [0.15, 0.2) is 5.78 Å². The summed E-state index contributed by atoms with van der Waals surface area (Å²) in [4.78, 5) is 101. The van der Waals surface area contributed by atoms with Gasteiger partial charge in [0.1, 0.15) is 0 Å². The molecule has 6 aromatic rings. The second-order valence-corrected chi connectivity index (χ2v) is 15.8. The molecule has 1 fully saturated rings. The lowest BCUT2D eigenvalue weighted by atomic mass is 9.92. The SMILES string of the molecule is C1CC1.CNC(=O)c1cc(-c2ccc(C(=O)O)c(C(=O)Cc3ccc(C)cc3)c2)ccc1C(=O)O.Cc1ccc(N2C(=O)c3ccc(-c4ccc5c(c4)C(=O)N(C)C5=O)cc3C2=O)cc1.O. The predicted molar refractivity (Wildman–Crippen MR) is 246 cm³/mol. The highest BCUT2D eigenvalue weighted by atomic mass is 16.4. The maximum Gasteiger partial charge on any atom is 0.336 e. The van der Waals surface area contributed by atoms with Crippen LogP contribution in [-0.2, 0) is 6.42 Å². The Bertz CT molecular complexity index is 2970. The van der Waals surface area contributed by atoms with Crippen molar-refractivity contribution in [3.8, 4) is 22.3 Å². The second kappa shape index (κ2) is 19.6. The minimum atomic E-state index is -1.25. The van der Waals surface area contributed by atoms with E-state index in [9.17, 15) is 48.6 Å². The van der Waals surface area contributed by atoms with E-state index in [-0.39, 0.29) is 63.6 Å². The lowest BCUT2D eigenvalue weighted by molar-refractivity contribution is 0.0680. The number of carbonyl (C=O) groups is 8. The van der Waals surface area contributed by atoms with Gasteiger partial charge in [0.05, 0.1) is 44.6 Å². The molecular formula is C52H45N3O11. The van der Waals surface area contributed by atoms with E-state index in [1.165, 1.54) is 74.7 Å². The Morgan fingerprint density at radius 3 is 1.42 bits per heavy atom. The number of hydrogen-bond acceptors (Lipinski definition) is 8. The van der Waals surface area contributed by atoms with Crippen molar-refractivity contribution in [3.05, 3.63) is 183 Å². The van der Waals surface area contributed by atoms with E-state index in [4.69, 9.17) is 0 Å². The molecule has 2 aliphatic heterocycles. The third-order valence-corrected chi connectivity index (χ3v) is 11.0. The van der Waals surface area contributed by atoms with Crippen LogP contribution in [0.25, 0.3) is 22.3 Å². The maximum absolute atomic E-state index is 13.0. The summed E-state index contributed by atoms with van der Waals surface area (Å²) in [6.45, 7) is 3.87. The monoisotopic (exact) mass is 887 g/mol. The number of anilines is 1. The summed E-state index contributed by atoms with van der Waals surface area (Å²) >= 11 is 0. The van der Waals surface area contributed by atoms with Crippen LogP contribution in [0.5, 0.6) is 0 Å². The van der Waals surface area contributed by atoms with Gasteiger partial charge in [-0.05, 0) is 102 Å². The topological polar surface area (TPSA) is 227 Å². The molecule has 0 spiro atoms. The highest BCUT2D eigenvalue weighted by molar-refractivity contribution is 6.34. The number of aryl methyl sites for hydroxylation is 2. The van der Waals surface area contributed by atoms with Gasteiger partial charge in [-0.25, -0.2) is 14.5 Å². The fourth-order valence-electron chi connectivity index (χ4n) is 7.25. The van der Waals surface area contributed by atoms with Gasteiger partial charge in [-0.3, -0.25) is 33.7 Å². The van der Waals surface area contributed by atoms with Crippen LogP contribution in [-0.4, -0.2) is 81.9 Å². The fourth-order valence-corrected chi connectivity index (χ4v) is 7.25. The first-order valence-electron chi connectivity index (χ1n) is 20.7. The number of aromatic carboxylic acids is 2. The smallest absolute Gasteiger partial charge is 0.336 e. The number of amides is 5. The van der Waals surface area contributed by atoms with Crippen LogP contribution in [0.3, 0.4) is 0 Å². The Morgan fingerprint density at radius 1 is 0.515 bits per heavy atom. The molecular weight excluding hydrogens is 843 g/mol. The first-order valence-corrected chi connectivity index (χ1v) is 20.7. The van der Waals surface area contributed by atoms with Gasteiger partial charge in [-0.15, -0.1) is 0 Å². The highest BCUT2D eigenvalue weighted by Gasteiger charge is 2.37. The van der Waals surface area contributed by atoms with Crippen molar-refractivity contribution >= 4 is 52.9 Å². The molecule has 5 amide bonds. The van der Waals surface area contributed by atoms with E-state index in [2.05, 4.69) is 5.32 Å². The van der Waals surface area contributed by atoms with Crippen molar-refractivity contribution < 1.29 is 54.0 Å². The Kier molecular flexibility index (Phi) is 14.0. The Balaban J connectivity index is 0.000000202. The number of carbonyl (C=O) groups excluding carboxylic acids is 6. The molecule has 0 bridgehead atoms. The Morgan fingerprint density at radius 2 is 0.924 bits per heavy atom. The molecule has 6 aromatic carbocycles. The molecule has 0 unspecified atom stereocenters. The third-order valence-electron chi connectivity index (χ3n) is 11.0. The lowest BCUT2D eigenvalue weighted by Gasteiger charge is -2.13. The van der Waals surface area contributed by atoms with Crippen LogP contribution in [0.15, 0.2) is 121 Å². The molecule has 14 nitrogen and oxygen atoms in total. The number of carboxylic acid groups (broad SMARTS) is 2. The Labute approximate surface area is 379 Å². The van der Waals surface area contributed by atoms with Gasteiger partial charge in [-0.2, -0.15) is 0 Å². The predicted octanol–water partition coefficient (Wildman–Crippen LogP) is 7.88. The number of nitrogens with one attached hydrogen (secondary N) is 1. The minimum Gasteiger partial charge on any atom is -0.478 e. The molecule has 66 heavy (non-hydrogen) atoms. The highest BCUT2D eigenvalue weighted by Crippen LogP contribution is 2.34. The summed E-state index contributed by atoms with van der Waals surface area (Å²) in [5.41, 5.74) is 6.81. The van der Waals surface area contributed by atoms with Gasteiger partial charge in [0.2, 0.25) is 0 Å². The number of benzene rings is 6. The largest absolute Gasteiger partial charge is 0.478 e. The van der Waals surface area contributed by atoms with Crippen LogP contribution in [0.2, 0.25) is 0 Å². The number of fused-ring (bicyclic) bond motifs is 2. The van der Waals surface area contributed by atoms with E-state index in [1.807, 2.05) is 50.2 Å². The number of imide groups is 2. The van der Waals surface area contributed by atoms with Crippen LogP contribution in [0.4, 0.5) is 5.69 Å². The molecule has 2 heterocycles. The number of rotatable bonds is 9. The van der Waals surface area contributed by atoms with E-state index >= 15 is 0 Å². The lowest BCUT2D eigenvalue weighted by Crippen LogP contribution is -2.29. The molecule has 1 aliphatic carbocycles. The van der Waals surface area contributed by atoms with Gasteiger partial charge in [-0.1, -0.05) is 91.1 Å². The van der Waals surface area contributed by atoms with Crippen molar-refractivity contribution in [2.24, 2.45) is 0 Å². The molecule has 0 radical (unpaired) electrons. The third kappa shape index (κ3) is 9.73. The molecule has 0 saturated heterocycles. The maximum atomic E-state index is 13.0. The fraction of sp³-hybridized carbons (Fsp3) is 0.154. The first-order chi connectivity index (χ1) is 31.1. The summed E-state index contributed by atoms with van der Waals surface area (Å²) in [5, 5.41) is 21.3. The molecule has 0 aromatic heterocycles. The van der Waals surface area contributed by atoms with Crippen LogP contribution in [0.1, 0.15) is 119 Å². The van der Waals surface area contributed by atoms with Crippen LogP contribution >= 0.6 is 0 Å². The number of ketones is 1. The molecule has 1 saturated carbocycles. The first kappa shape index (κ1) is 47.1. The summed E-state index contributed by atoms with van der Waals surface area (Å²) in [6.07, 6.45) is 4.53. The molecule has 0 atom stereocenters. The summed E-state index contributed by atoms with van der Waals surface area (Å²) in [5.74, 6) is -4.82. The number of carboxylic acids is 2. The zero-order valence-corrected chi connectivity index (χ0v) is 36.4. The molecule has 334 valence electrons. The van der Waals surface area contributed by atoms with Crippen molar-refractivity contribution in [1.29, 1.82) is 0 Å². The molecule has 9 rings (SSSR count). The van der Waals surface area contributed by atoms with Crippen molar-refractivity contribution in [2.45, 2.75) is 39.5 Å². The molecule has 3 aliphatic rings. The summed E-state index contributed by atoms with van der Waals surface area (Å²) in [6, 6.07) is 33.2. The van der Waals surface area contributed by atoms with Crippen molar-refractivity contribution in [2.75, 3.05) is 19.0 Å². The van der Waals surface area contributed by atoms with E-state index in [0.29, 0.717) is 50.2 Å². The quantitative estimate of drug-likeness (QED) is 0.0940. The van der Waals surface area contributed by atoms with E-state index in [1.54, 1.807) is 48.5 Å². The minimum absolute atomic E-state index is 0. The van der Waals surface area contributed by atoms with E-state index < -0.39 is 17.8 Å². The summed E-state index contributed by atoms with van der Waals surface area (Å²) < 4.78 is 0. The van der Waals surface area contributed by atoms with Gasteiger partial charge < -0.3 is 21.0 Å². The zero-order valence-electron chi connectivity index (χ0n) is 36.4. The zero-order chi connectivity index (χ0) is 46.7. The number of Topliss-reactive ketones (excluding diaryl/α,β-unsaturated/α-hetero) is 1.